The average Bonchev–Trinajstić information content (AvgIpc) is 2.77. The molecule has 1 amide bonds. The Kier molecular flexibility index (Phi) is 6.73. The zero-order valence-electron chi connectivity index (χ0n) is 17.3. The molecular formula is C24H22N2O4S. The molecule has 0 bridgehead atoms. The molecule has 0 fully saturated rings. The molecule has 158 valence electrons. The van der Waals surface area contributed by atoms with Gasteiger partial charge in [-0.05, 0) is 47.9 Å². The van der Waals surface area contributed by atoms with Crippen molar-refractivity contribution in [3.8, 4) is 24.0 Å². The van der Waals surface area contributed by atoms with E-state index in [-0.39, 0.29) is 22.4 Å². The van der Waals surface area contributed by atoms with E-state index in [0.717, 1.165) is 29.4 Å². The van der Waals surface area contributed by atoms with E-state index in [4.69, 9.17) is 11.2 Å². The summed E-state index contributed by atoms with van der Waals surface area (Å²) in [5.74, 6) is 2.70. The van der Waals surface area contributed by atoms with Crippen molar-refractivity contribution in [2.45, 2.75) is 24.8 Å². The molecule has 2 aromatic carbocycles. The number of benzene rings is 2. The zero-order chi connectivity index (χ0) is 22.4. The molecular weight excluding hydrogens is 412 g/mol. The molecule has 1 heterocycles. The Morgan fingerprint density at radius 1 is 1.13 bits per heavy atom. The number of hydrogen-bond acceptors (Lipinski definition) is 5. The largest absolute Gasteiger partial charge is 0.438 e. The van der Waals surface area contributed by atoms with E-state index >= 15 is 0 Å². The maximum absolute atomic E-state index is 12.5. The summed E-state index contributed by atoms with van der Waals surface area (Å²) >= 11 is 0. The van der Waals surface area contributed by atoms with Crippen LogP contribution >= 0.6 is 0 Å². The number of aryl methyl sites for hydroxylation is 1. The van der Waals surface area contributed by atoms with Gasteiger partial charge in [0.05, 0.1) is 5.56 Å². The molecule has 0 spiro atoms. The number of sulfone groups is 1. The Labute approximate surface area is 182 Å². The Morgan fingerprint density at radius 2 is 1.90 bits per heavy atom. The van der Waals surface area contributed by atoms with Crippen LogP contribution in [-0.4, -0.2) is 25.6 Å². The van der Waals surface area contributed by atoms with Gasteiger partial charge in [0.25, 0.3) is 5.91 Å². The van der Waals surface area contributed by atoms with Crippen molar-refractivity contribution >= 4 is 15.7 Å². The fourth-order valence-electron chi connectivity index (χ4n) is 3.02. The van der Waals surface area contributed by atoms with Crippen LogP contribution in [0, 0.1) is 12.3 Å². The number of nitrogens with one attached hydrogen (secondary N) is 1. The highest BCUT2D eigenvalue weighted by Crippen LogP contribution is 2.27. The van der Waals surface area contributed by atoms with Gasteiger partial charge in [0.1, 0.15) is 10.6 Å². The van der Waals surface area contributed by atoms with Gasteiger partial charge in [0, 0.05) is 30.6 Å². The maximum Gasteiger partial charge on any atom is 0.253 e. The Hall–Kier alpha value is -3.63. The van der Waals surface area contributed by atoms with Gasteiger partial charge in [-0.2, -0.15) is 0 Å². The topological polar surface area (TPSA) is 85.4 Å². The minimum Gasteiger partial charge on any atom is -0.438 e. The second-order valence-corrected chi connectivity index (χ2v) is 8.85. The lowest BCUT2D eigenvalue weighted by Gasteiger charge is -2.11. The first-order valence-corrected chi connectivity index (χ1v) is 11.5. The van der Waals surface area contributed by atoms with E-state index in [1.807, 2.05) is 25.1 Å². The van der Waals surface area contributed by atoms with Crippen LogP contribution in [0.15, 0.2) is 65.7 Å². The van der Waals surface area contributed by atoms with Gasteiger partial charge in [-0.25, -0.2) is 13.4 Å². The number of nitrogens with zero attached hydrogens (tertiary/aromatic N) is 1. The number of terminal acetylenes is 1. The molecule has 0 aliphatic heterocycles. The standard InChI is InChI=1S/C24H22N2O4S/c1-4-17-10-11-19(18(5-2)14-17)15-26-24(27)20-12-13-23(25-16-20)30-21-8-6-7-9-22(21)31(3,28)29/h1,6-14,16H,5,15H2,2-3H3,(H,26,27). The fraction of sp³-hybridized carbons (Fsp3) is 0.167. The van der Waals surface area contributed by atoms with Crippen LogP contribution in [0.25, 0.3) is 0 Å². The van der Waals surface area contributed by atoms with E-state index in [2.05, 4.69) is 16.2 Å². The molecule has 6 nitrogen and oxygen atoms in total. The zero-order valence-corrected chi connectivity index (χ0v) is 18.1. The highest BCUT2D eigenvalue weighted by molar-refractivity contribution is 7.90. The molecule has 0 aliphatic carbocycles. The summed E-state index contributed by atoms with van der Waals surface area (Å²) in [4.78, 5) is 16.7. The van der Waals surface area contributed by atoms with Crippen LogP contribution in [0.5, 0.6) is 11.6 Å². The number of carbonyl (C=O) groups is 1. The van der Waals surface area contributed by atoms with Crippen LogP contribution in [0.2, 0.25) is 0 Å². The molecule has 0 aliphatic rings. The Balaban J connectivity index is 1.69. The number of ether oxygens (including phenoxy) is 1. The molecule has 0 atom stereocenters. The minimum absolute atomic E-state index is 0.0706. The average molecular weight is 435 g/mol. The summed E-state index contributed by atoms with van der Waals surface area (Å²) in [6, 6.07) is 15.1. The van der Waals surface area contributed by atoms with Gasteiger partial charge < -0.3 is 10.1 Å². The summed E-state index contributed by atoms with van der Waals surface area (Å²) in [7, 11) is -3.45. The predicted octanol–water partition coefficient (Wildman–Crippen LogP) is 3.75. The monoisotopic (exact) mass is 434 g/mol. The molecule has 0 saturated carbocycles. The van der Waals surface area contributed by atoms with Gasteiger partial charge in [0.2, 0.25) is 5.88 Å². The lowest BCUT2D eigenvalue weighted by atomic mass is 10.0. The van der Waals surface area contributed by atoms with Crippen molar-refractivity contribution in [1.82, 2.24) is 10.3 Å². The molecule has 1 N–H and O–H groups in total. The van der Waals surface area contributed by atoms with Crippen LogP contribution in [-0.2, 0) is 22.8 Å². The van der Waals surface area contributed by atoms with Gasteiger partial charge in [-0.1, -0.05) is 31.0 Å². The molecule has 7 heteroatoms. The smallest absolute Gasteiger partial charge is 0.253 e. The van der Waals surface area contributed by atoms with Crippen LogP contribution in [0.1, 0.15) is 34.0 Å². The normalized spacial score (nSPS) is 10.9. The number of pyridine rings is 1. The van der Waals surface area contributed by atoms with Crippen molar-refractivity contribution < 1.29 is 17.9 Å². The molecule has 0 unspecified atom stereocenters. The second kappa shape index (κ2) is 9.45. The second-order valence-electron chi connectivity index (χ2n) is 6.87. The van der Waals surface area contributed by atoms with Crippen LogP contribution in [0.3, 0.4) is 0 Å². The molecule has 1 aromatic heterocycles. The van der Waals surface area contributed by atoms with Gasteiger partial charge in [0.15, 0.2) is 9.84 Å². The van der Waals surface area contributed by atoms with Crippen molar-refractivity contribution in [2.75, 3.05) is 6.26 Å². The number of aromatic nitrogens is 1. The van der Waals surface area contributed by atoms with Gasteiger partial charge in [-0.3, -0.25) is 4.79 Å². The quantitative estimate of drug-likeness (QED) is 0.573. The first-order valence-electron chi connectivity index (χ1n) is 9.61. The first kappa shape index (κ1) is 22.1. The SMILES string of the molecule is C#Cc1ccc(CNC(=O)c2ccc(Oc3ccccc3S(C)(=O)=O)nc2)c(CC)c1. The maximum atomic E-state index is 12.5. The molecule has 31 heavy (non-hydrogen) atoms. The van der Waals surface area contributed by atoms with Crippen molar-refractivity contribution in [1.29, 1.82) is 0 Å². The molecule has 3 aromatic rings. The third-order valence-corrected chi connectivity index (χ3v) is 5.79. The van der Waals surface area contributed by atoms with E-state index in [1.54, 1.807) is 24.3 Å². The predicted molar refractivity (Wildman–Crippen MR) is 119 cm³/mol. The van der Waals surface area contributed by atoms with E-state index < -0.39 is 9.84 Å². The molecule has 0 radical (unpaired) electrons. The number of para-hydroxylation sites is 1. The summed E-state index contributed by atoms with van der Waals surface area (Å²) < 4.78 is 29.4. The van der Waals surface area contributed by atoms with Crippen LogP contribution < -0.4 is 10.1 Å². The first-order chi connectivity index (χ1) is 14.8. The van der Waals surface area contributed by atoms with Crippen molar-refractivity contribution in [2.24, 2.45) is 0 Å². The van der Waals surface area contributed by atoms with Gasteiger partial charge >= 0.3 is 0 Å². The fourth-order valence-corrected chi connectivity index (χ4v) is 3.82. The lowest BCUT2D eigenvalue weighted by molar-refractivity contribution is 0.0950. The Bertz CT molecular complexity index is 1240. The number of hydrogen-bond donors (Lipinski definition) is 1. The summed E-state index contributed by atoms with van der Waals surface area (Å²) in [5, 5.41) is 2.87. The third kappa shape index (κ3) is 5.50. The highest BCUT2D eigenvalue weighted by atomic mass is 32.2. The van der Waals surface area contributed by atoms with E-state index in [9.17, 15) is 13.2 Å². The Morgan fingerprint density at radius 3 is 2.55 bits per heavy atom. The highest BCUT2D eigenvalue weighted by Gasteiger charge is 2.15. The van der Waals surface area contributed by atoms with E-state index in [1.165, 1.54) is 18.3 Å². The summed E-state index contributed by atoms with van der Waals surface area (Å²) in [5.41, 5.74) is 3.26. The number of amides is 1. The minimum atomic E-state index is -3.45. The van der Waals surface area contributed by atoms with Crippen LogP contribution in [0.4, 0.5) is 0 Å². The number of rotatable bonds is 7. The van der Waals surface area contributed by atoms with Gasteiger partial charge in [-0.15, -0.1) is 6.42 Å². The molecule has 3 rings (SSSR count). The summed E-state index contributed by atoms with van der Waals surface area (Å²) in [6.07, 6.45) is 8.75. The van der Waals surface area contributed by atoms with E-state index in [0.29, 0.717) is 12.1 Å². The van der Waals surface area contributed by atoms with Crippen molar-refractivity contribution in [3.05, 3.63) is 83.0 Å². The van der Waals surface area contributed by atoms with Crippen molar-refractivity contribution in [3.63, 3.8) is 0 Å². The molecule has 0 saturated heterocycles. The summed E-state index contributed by atoms with van der Waals surface area (Å²) in [6.45, 7) is 2.40. The third-order valence-electron chi connectivity index (χ3n) is 4.65. The number of carbonyl (C=O) groups excluding carboxylic acids is 1. The lowest BCUT2D eigenvalue weighted by Crippen LogP contribution is -2.23.